The van der Waals surface area contributed by atoms with E-state index in [1.54, 1.807) is 0 Å². The maximum Gasteiger partial charge on any atom is 0.0242 e. The van der Waals surface area contributed by atoms with Crippen molar-refractivity contribution in [2.24, 2.45) is 5.73 Å². The molecule has 0 aliphatic carbocycles. The summed E-state index contributed by atoms with van der Waals surface area (Å²) >= 11 is 0. The highest BCUT2D eigenvalue weighted by Crippen LogP contribution is 2.18. The van der Waals surface area contributed by atoms with E-state index in [9.17, 15) is 0 Å². The SMILES string of the molecule is CCN(Cc1ccccc1CN)Cc1c(C)cccc1C. The molecule has 0 spiro atoms. The van der Waals surface area contributed by atoms with Gasteiger partial charge in [0.05, 0.1) is 0 Å². The van der Waals surface area contributed by atoms with Crippen LogP contribution in [-0.2, 0) is 19.6 Å². The third kappa shape index (κ3) is 3.93. The van der Waals surface area contributed by atoms with Crippen LogP contribution in [0.5, 0.6) is 0 Å². The summed E-state index contributed by atoms with van der Waals surface area (Å²) < 4.78 is 0. The number of rotatable bonds is 6. The minimum absolute atomic E-state index is 0.608. The highest BCUT2D eigenvalue weighted by molar-refractivity contribution is 5.33. The Bertz CT molecular complexity index is 570. The van der Waals surface area contributed by atoms with E-state index in [1.807, 2.05) is 0 Å². The first-order chi connectivity index (χ1) is 10.2. The molecule has 0 saturated heterocycles. The molecule has 2 rings (SSSR count). The molecule has 2 aromatic carbocycles. The summed E-state index contributed by atoms with van der Waals surface area (Å²) in [5, 5.41) is 0. The average Bonchev–Trinajstić information content (AvgIpc) is 2.50. The zero-order valence-electron chi connectivity index (χ0n) is 13.4. The fraction of sp³-hybridized carbons (Fsp3) is 0.368. The second kappa shape index (κ2) is 7.39. The van der Waals surface area contributed by atoms with E-state index in [1.165, 1.54) is 27.8 Å². The maximum absolute atomic E-state index is 5.85. The first kappa shape index (κ1) is 15.7. The normalized spacial score (nSPS) is 11.1. The van der Waals surface area contributed by atoms with Crippen molar-refractivity contribution in [2.75, 3.05) is 6.54 Å². The Morgan fingerprint density at radius 2 is 1.48 bits per heavy atom. The van der Waals surface area contributed by atoms with Crippen LogP contribution in [0.4, 0.5) is 0 Å². The number of hydrogen-bond acceptors (Lipinski definition) is 2. The lowest BCUT2D eigenvalue weighted by Gasteiger charge is -2.24. The molecular formula is C19H26N2. The van der Waals surface area contributed by atoms with Gasteiger partial charge in [-0.15, -0.1) is 0 Å². The minimum Gasteiger partial charge on any atom is -0.326 e. The van der Waals surface area contributed by atoms with Gasteiger partial charge in [-0.25, -0.2) is 0 Å². The van der Waals surface area contributed by atoms with E-state index in [-0.39, 0.29) is 0 Å². The highest BCUT2D eigenvalue weighted by atomic mass is 15.1. The van der Waals surface area contributed by atoms with Crippen molar-refractivity contribution < 1.29 is 0 Å². The molecule has 0 aromatic heterocycles. The molecule has 0 aliphatic rings. The van der Waals surface area contributed by atoms with Gasteiger partial charge in [0.1, 0.15) is 0 Å². The number of nitrogens with zero attached hydrogens (tertiary/aromatic N) is 1. The summed E-state index contributed by atoms with van der Waals surface area (Å²) in [5.41, 5.74) is 12.6. The van der Waals surface area contributed by atoms with Gasteiger partial charge in [0.2, 0.25) is 0 Å². The van der Waals surface area contributed by atoms with Crippen LogP contribution in [0.25, 0.3) is 0 Å². The van der Waals surface area contributed by atoms with Crippen molar-refractivity contribution in [3.8, 4) is 0 Å². The predicted octanol–water partition coefficient (Wildman–Crippen LogP) is 3.78. The summed E-state index contributed by atoms with van der Waals surface area (Å²) in [4.78, 5) is 2.48. The van der Waals surface area contributed by atoms with Crippen LogP contribution < -0.4 is 5.73 Å². The molecule has 0 saturated carbocycles. The molecule has 0 amide bonds. The standard InChI is InChI=1S/C19H26N2/c1-4-21(13-18-11-6-5-10-17(18)12-20)14-19-15(2)8-7-9-16(19)3/h5-11H,4,12-14,20H2,1-3H3. The fourth-order valence-electron chi connectivity index (χ4n) is 2.75. The number of nitrogens with two attached hydrogens (primary N) is 1. The Morgan fingerprint density at radius 3 is 2.05 bits per heavy atom. The Balaban J connectivity index is 2.17. The summed E-state index contributed by atoms with van der Waals surface area (Å²) in [5.74, 6) is 0. The maximum atomic E-state index is 5.85. The molecule has 112 valence electrons. The van der Waals surface area contributed by atoms with E-state index < -0.39 is 0 Å². The van der Waals surface area contributed by atoms with Crippen LogP contribution in [0, 0.1) is 13.8 Å². The summed E-state index contributed by atoms with van der Waals surface area (Å²) in [6.45, 7) is 10.2. The van der Waals surface area contributed by atoms with Gasteiger partial charge in [-0.3, -0.25) is 4.90 Å². The molecule has 21 heavy (non-hydrogen) atoms. The molecule has 2 aromatic rings. The van der Waals surface area contributed by atoms with Crippen molar-refractivity contribution >= 4 is 0 Å². The van der Waals surface area contributed by atoms with Crippen LogP contribution in [0.2, 0.25) is 0 Å². The van der Waals surface area contributed by atoms with Crippen molar-refractivity contribution in [3.05, 3.63) is 70.3 Å². The Kier molecular flexibility index (Phi) is 5.54. The third-order valence-corrected chi connectivity index (χ3v) is 4.21. The monoisotopic (exact) mass is 282 g/mol. The van der Waals surface area contributed by atoms with Gasteiger partial charge in [-0.05, 0) is 48.2 Å². The Hall–Kier alpha value is -1.64. The van der Waals surface area contributed by atoms with Crippen molar-refractivity contribution in [2.45, 2.75) is 40.4 Å². The lowest BCUT2D eigenvalue weighted by Crippen LogP contribution is -2.24. The molecule has 0 radical (unpaired) electrons. The highest BCUT2D eigenvalue weighted by Gasteiger charge is 2.10. The molecule has 0 aliphatic heterocycles. The molecular weight excluding hydrogens is 256 g/mol. The molecule has 0 atom stereocenters. The molecule has 0 fully saturated rings. The van der Waals surface area contributed by atoms with E-state index in [2.05, 4.69) is 68.1 Å². The average molecular weight is 282 g/mol. The number of hydrogen-bond donors (Lipinski definition) is 1. The van der Waals surface area contributed by atoms with E-state index in [0.29, 0.717) is 6.54 Å². The molecule has 0 bridgehead atoms. The zero-order chi connectivity index (χ0) is 15.2. The number of aryl methyl sites for hydroxylation is 2. The molecule has 2 heteroatoms. The van der Waals surface area contributed by atoms with Crippen LogP contribution >= 0.6 is 0 Å². The first-order valence-corrected chi connectivity index (χ1v) is 7.70. The zero-order valence-corrected chi connectivity index (χ0v) is 13.4. The van der Waals surface area contributed by atoms with Gasteiger partial charge in [0.25, 0.3) is 0 Å². The largest absolute Gasteiger partial charge is 0.326 e. The van der Waals surface area contributed by atoms with Gasteiger partial charge in [-0.1, -0.05) is 49.4 Å². The van der Waals surface area contributed by atoms with Gasteiger partial charge in [-0.2, -0.15) is 0 Å². The topological polar surface area (TPSA) is 29.3 Å². The van der Waals surface area contributed by atoms with E-state index in [4.69, 9.17) is 5.73 Å². The van der Waals surface area contributed by atoms with Crippen molar-refractivity contribution in [1.82, 2.24) is 4.90 Å². The lowest BCUT2D eigenvalue weighted by atomic mass is 10.0. The van der Waals surface area contributed by atoms with Crippen LogP contribution in [0.1, 0.15) is 34.7 Å². The Morgan fingerprint density at radius 1 is 0.857 bits per heavy atom. The second-order valence-corrected chi connectivity index (χ2v) is 5.65. The molecule has 0 heterocycles. The smallest absolute Gasteiger partial charge is 0.0242 e. The van der Waals surface area contributed by atoms with Gasteiger partial charge < -0.3 is 5.73 Å². The van der Waals surface area contributed by atoms with Crippen molar-refractivity contribution in [1.29, 1.82) is 0 Å². The van der Waals surface area contributed by atoms with Crippen LogP contribution in [-0.4, -0.2) is 11.4 Å². The quantitative estimate of drug-likeness (QED) is 0.873. The second-order valence-electron chi connectivity index (χ2n) is 5.65. The minimum atomic E-state index is 0.608. The fourth-order valence-corrected chi connectivity index (χ4v) is 2.75. The van der Waals surface area contributed by atoms with Crippen LogP contribution in [0.3, 0.4) is 0 Å². The van der Waals surface area contributed by atoms with Gasteiger partial charge >= 0.3 is 0 Å². The third-order valence-electron chi connectivity index (χ3n) is 4.21. The van der Waals surface area contributed by atoms with E-state index in [0.717, 1.165) is 19.6 Å². The van der Waals surface area contributed by atoms with E-state index >= 15 is 0 Å². The van der Waals surface area contributed by atoms with Crippen LogP contribution in [0.15, 0.2) is 42.5 Å². The number of benzene rings is 2. The Labute approximate surface area is 128 Å². The van der Waals surface area contributed by atoms with Gasteiger partial charge in [0.15, 0.2) is 0 Å². The lowest BCUT2D eigenvalue weighted by molar-refractivity contribution is 0.269. The molecule has 2 N–H and O–H groups in total. The summed E-state index contributed by atoms with van der Waals surface area (Å²) in [7, 11) is 0. The first-order valence-electron chi connectivity index (χ1n) is 7.70. The van der Waals surface area contributed by atoms with Gasteiger partial charge in [0, 0.05) is 19.6 Å². The summed E-state index contributed by atoms with van der Waals surface area (Å²) in [6, 6.07) is 15.0. The predicted molar refractivity (Wildman–Crippen MR) is 90.0 cm³/mol. The summed E-state index contributed by atoms with van der Waals surface area (Å²) in [6.07, 6.45) is 0. The molecule has 2 nitrogen and oxygen atoms in total. The molecule has 0 unspecified atom stereocenters. The van der Waals surface area contributed by atoms with Crippen molar-refractivity contribution in [3.63, 3.8) is 0 Å².